The number of anilines is 1. The Balaban J connectivity index is 1.40. The molecule has 0 radical (unpaired) electrons. The Morgan fingerprint density at radius 3 is 2.43 bits per heavy atom. The quantitative estimate of drug-likeness (QED) is 0.706. The molecule has 8 heteroatoms. The normalized spacial score (nSPS) is 12.6. The van der Waals surface area contributed by atoms with Crippen molar-refractivity contribution in [3.05, 3.63) is 47.0 Å². The summed E-state index contributed by atoms with van der Waals surface area (Å²) in [5.41, 5.74) is 3.26. The van der Waals surface area contributed by atoms with Crippen molar-refractivity contribution < 1.29 is 19.1 Å². The third kappa shape index (κ3) is 3.91. The van der Waals surface area contributed by atoms with Crippen molar-refractivity contribution >= 4 is 38.5 Å². The lowest BCUT2D eigenvalue weighted by atomic mass is 10.1. The van der Waals surface area contributed by atoms with E-state index >= 15 is 0 Å². The Morgan fingerprint density at radius 1 is 1.04 bits per heavy atom. The van der Waals surface area contributed by atoms with E-state index in [0.717, 1.165) is 21.3 Å². The lowest BCUT2D eigenvalue weighted by molar-refractivity contribution is -0.115. The third-order valence-electron chi connectivity index (χ3n) is 4.19. The molecule has 2 aromatic carbocycles. The summed E-state index contributed by atoms with van der Waals surface area (Å²) in [6, 6.07) is 9.24. The molecule has 4 rings (SSSR count). The number of nitrogens with zero attached hydrogens (tertiary/aromatic N) is 1. The van der Waals surface area contributed by atoms with Gasteiger partial charge in [-0.25, -0.2) is 4.98 Å². The Labute approximate surface area is 165 Å². The predicted molar refractivity (Wildman–Crippen MR) is 107 cm³/mol. The molecule has 0 saturated heterocycles. The first kappa shape index (κ1) is 18.2. The number of hydrogen-bond acceptors (Lipinski definition) is 6. The summed E-state index contributed by atoms with van der Waals surface area (Å²) in [5.74, 6) is 0.714. The van der Waals surface area contributed by atoms with Crippen LogP contribution in [-0.2, 0) is 4.79 Å². The largest absolute Gasteiger partial charge is 0.486 e. The number of carbonyl (C=O) groups excluding carboxylic acids is 2. The molecule has 7 nitrogen and oxygen atoms in total. The van der Waals surface area contributed by atoms with Crippen LogP contribution in [0.3, 0.4) is 0 Å². The van der Waals surface area contributed by atoms with E-state index in [4.69, 9.17) is 9.47 Å². The molecular formula is C20H19N3O4S. The van der Waals surface area contributed by atoms with Crippen molar-refractivity contribution in [3.63, 3.8) is 0 Å². The van der Waals surface area contributed by atoms with Gasteiger partial charge in [-0.2, -0.15) is 0 Å². The standard InChI is InChI=1S/C20H19N3O4S/c1-11-5-12(2)7-13(6-11)19(25)21-10-18(24)23-20-22-14-8-15-16(9-17(14)28-20)27-4-3-26-15/h5-9H,3-4,10H2,1-2H3,(H,21,25)(H,22,23,24). The maximum absolute atomic E-state index is 12.3. The molecule has 0 saturated carbocycles. The van der Waals surface area contributed by atoms with Gasteiger partial charge in [0, 0.05) is 17.7 Å². The Morgan fingerprint density at radius 2 is 1.71 bits per heavy atom. The molecule has 0 atom stereocenters. The lowest BCUT2D eigenvalue weighted by Gasteiger charge is -2.17. The van der Waals surface area contributed by atoms with Gasteiger partial charge in [0.25, 0.3) is 5.91 Å². The number of carbonyl (C=O) groups is 2. The number of thiazole rings is 1. The molecule has 0 fully saturated rings. The molecule has 1 aliphatic rings. The number of amides is 2. The van der Waals surface area contributed by atoms with Crippen LogP contribution in [0.2, 0.25) is 0 Å². The average molecular weight is 397 g/mol. The first-order valence-electron chi connectivity index (χ1n) is 8.84. The molecule has 2 N–H and O–H groups in total. The van der Waals surface area contributed by atoms with E-state index in [9.17, 15) is 9.59 Å². The van der Waals surface area contributed by atoms with Crippen LogP contribution in [0.1, 0.15) is 21.5 Å². The van der Waals surface area contributed by atoms with Crippen molar-refractivity contribution in [1.29, 1.82) is 0 Å². The van der Waals surface area contributed by atoms with Crippen LogP contribution in [0.4, 0.5) is 5.13 Å². The second-order valence-electron chi connectivity index (χ2n) is 6.59. The van der Waals surface area contributed by atoms with E-state index in [1.165, 1.54) is 11.3 Å². The SMILES string of the molecule is Cc1cc(C)cc(C(=O)NCC(=O)Nc2nc3cc4c(cc3s2)OCCO4)c1. The molecule has 0 aliphatic carbocycles. The third-order valence-corrected chi connectivity index (χ3v) is 5.13. The Bertz CT molecular complexity index is 1010. The van der Waals surface area contributed by atoms with Gasteiger partial charge in [0.1, 0.15) is 13.2 Å². The van der Waals surface area contributed by atoms with Crippen LogP contribution < -0.4 is 20.1 Å². The topological polar surface area (TPSA) is 89.6 Å². The molecule has 3 aromatic rings. The fourth-order valence-corrected chi connectivity index (χ4v) is 3.94. The molecule has 28 heavy (non-hydrogen) atoms. The predicted octanol–water partition coefficient (Wildman–Crippen LogP) is 3.05. The summed E-state index contributed by atoms with van der Waals surface area (Å²) < 4.78 is 12.0. The number of aryl methyl sites for hydroxylation is 2. The van der Waals surface area contributed by atoms with Crippen molar-refractivity contribution in [2.24, 2.45) is 0 Å². The highest BCUT2D eigenvalue weighted by Gasteiger charge is 2.16. The van der Waals surface area contributed by atoms with Gasteiger partial charge in [-0.3, -0.25) is 9.59 Å². The van der Waals surface area contributed by atoms with E-state index < -0.39 is 0 Å². The van der Waals surface area contributed by atoms with Crippen LogP contribution in [0, 0.1) is 13.8 Å². The average Bonchev–Trinajstić information content (AvgIpc) is 3.04. The zero-order valence-corrected chi connectivity index (χ0v) is 16.3. The van der Waals surface area contributed by atoms with E-state index in [2.05, 4.69) is 15.6 Å². The van der Waals surface area contributed by atoms with Gasteiger partial charge in [0.15, 0.2) is 16.6 Å². The summed E-state index contributed by atoms with van der Waals surface area (Å²) >= 11 is 1.34. The Hall–Kier alpha value is -3.13. The summed E-state index contributed by atoms with van der Waals surface area (Å²) in [6.07, 6.45) is 0. The number of hydrogen-bond donors (Lipinski definition) is 2. The first-order valence-corrected chi connectivity index (χ1v) is 9.66. The minimum Gasteiger partial charge on any atom is -0.486 e. The second-order valence-corrected chi connectivity index (χ2v) is 7.62. The summed E-state index contributed by atoms with van der Waals surface area (Å²) in [7, 11) is 0. The molecular weight excluding hydrogens is 378 g/mol. The van der Waals surface area contributed by atoms with Gasteiger partial charge < -0.3 is 20.1 Å². The van der Waals surface area contributed by atoms with Crippen LogP contribution in [0.25, 0.3) is 10.2 Å². The molecule has 0 spiro atoms. The molecule has 2 heterocycles. The van der Waals surface area contributed by atoms with Crippen molar-refractivity contribution in [3.8, 4) is 11.5 Å². The molecule has 1 aliphatic heterocycles. The Kier molecular flexibility index (Phi) is 4.87. The maximum atomic E-state index is 12.3. The molecule has 2 amide bonds. The number of benzene rings is 2. The van der Waals surface area contributed by atoms with Gasteiger partial charge in [0.2, 0.25) is 5.91 Å². The number of rotatable bonds is 4. The molecule has 0 bridgehead atoms. The maximum Gasteiger partial charge on any atom is 0.251 e. The number of aromatic nitrogens is 1. The van der Waals surface area contributed by atoms with Gasteiger partial charge in [-0.05, 0) is 26.0 Å². The van der Waals surface area contributed by atoms with E-state index in [-0.39, 0.29) is 18.4 Å². The van der Waals surface area contributed by atoms with Crippen LogP contribution in [0.5, 0.6) is 11.5 Å². The fraction of sp³-hybridized carbons (Fsp3) is 0.250. The molecule has 0 unspecified atom stereocenters. The van der Waals surface area contributed by atoms with Crippen LogP contribution in [-0.4, -0.2) is 36.6 Å². The van der Waals surface area contributed by atoms with Gasteiger partial charge in [-0.1, -0.05) is 28.5 Å². The molecule has 144 valence electrons. The highest BCUT2D eigenvalue weighted by atomic mass is 32.1. The monoisotopic (exact) mass is 397 g/mol. The first-order chi connectivity index (χ1) is 13.5. The fourth-order valence-electron chi connectivity index (χ4n) is 3.05. The highest BCUT2D eigenvalue weighted by Crippen LogP contribution is 2.37. The molecule has 1 aromatic heterocycles. The van der Waals surface area contributed by atoms with Crippen molar-refractivity contribution in [2.75, 3.05) is 25.1 Å². The number of ether oxygens (including phenoxy) is 2. The van der Waals surface area contributed by atoms with Crippen molar-refractivity contribution in [2.45, 2.75) is 13.8 Å². The second kappa shape index (κ2) is 7.47. The van der Waals surface area contributed by atoms with Gasteiger partial charge in [-0.15, -0.1) is 0 Å². The van der Waals surface area contributed by atoms with E-state index in [1.807, 2.05) is 26.0 Å². The zero-order valence-electron chi connectivity index (χ0n) is 15.5. The smallest absolute Gasteiger partial charge is 0.251 e. The van der Waals surface area contributed by atoms with Crippen molar-refractivity contribution in [1.82, 2.24) is 10.3 Å². The summed E-state index contributed by atoms with van der Waals surface area (Å²) in [6.45, 7) is 4.74. The summed E-state index contributed by atoms with van der Waals surface area (Å²) in [5, 5.41) is 5.82. The minimum atomic E-state index is -0.339. The van der Waals surface area contributed by atoms with Gasteiger partial charge >= 0.3 is 0 Å². The minimum absolute atomic E-state index is 0.134. The van der Waals surface area contributed by atoms with Crippen LogP contribution in [0.15, 0.2) is 30.3 Å². The van der Waals surface area contributed by atoms with E-state index in [0.29, 0.717) is 35.4 Å². The number of fused-ring (bicyclic) bond motifs is 2. The lowest BCUT2D eigenvalue weighted by Crippen LogP contribution is -2.32. The van der Waals surface area contributed by atoms with Gasteiger partial charge in [0.05, 0.1) is 16.8 Å². The zero-order chi connectivity index (χ0) is 19.7. The van der Waals surface area contributed by atoms with Crippen LogP contribution >= 0.6 is 11.3 Å². The van der Waals surface area contributed by atoms with E-state index in [1.54, 1.807) is 18.2 Å². The summed E-state index contributed by atoms with van der Waals surface area (Å²) in [4.78, 5) is 28.9. The highest BCUT2D eigenvalue weighted by molar-refractivity contribution is 7.22. The number of nitrogens with one attached hydrogen (secondary N) is 2.